The Kier molecular flexibility index (Phi) is 5.78. The number of hydrogen-bond acceptors (Lipinski definition) is 3. The lowest BCUT2D eigenvalue weighted by atomic mass is 10.2. The molecule has 6 nitrogen and oxygen atoms in total. The number of carbonyl (C=O) groups is 2. The highest BCUT2D eigenvalue weighted by atomic mass is 16.5. The van der Waals surface area contributed by atoms with E-state index < -0.39 is 12.1 Å². The summed E-state index contributed by atoms with van der Waals surface area (Å²) in [6.07, 6.45) is 0. The number of ether oxygens (including phenoxy) is 1. The highest BCUT2D eigenvalue weighted by molar-refractivity contribution is 5.99. The van der Waals surface area contributed by atoms with Gasteiger partial charge in [0.2, 0.25) is 5.91 Å². The van der Waals surface area contributed by atoms with Crippen molar-refractivity contribution >= 4 is 23.3 Å². The SMILES string of the molecule is COc1ccccc1NC(=O)NC(C)C(=O)Nc1ccccc1C. The quantitative estimate of drug-likeness (QED) is 0.789. The van der Waals surface area contributed by atoms with E-state index in [-0.39, 0.29) is 5.91 Å². The van der Waals surface area contributed by atoms with Gasteiger partial charge in [-0.15, -0.1) is 0 Å². The molecule has 0 bridgehead atoms. The van der Waals surface area contributed by atoms with Gasteiger partial charge < -0.3 is 20.7 Å². The van der Waals surface area contributed by atoms with Crippen molar-refractivity contribution in [2.24, 2.45) is 0 Å². The summed E-state index contributed by atoms with van der Waals surface area (Å²) in [5.41, 5.74) is 2.21. The summed E-state index contributed by atoms with van der Waals surface area (Å²) < 4.78 is 5.17. The first-order valence-electron chi connectivity index (χ1n) is 7.58. The van der Waals surface area contributed by atoms with Crippen LogP contribution < -0.4 is 20.7 Å². The number of aryl methyl sites for hydroxylation is 1. The number of nitrogens with one attached hydrogen (secondary N) is 3. The Hall–Kier alpha value is -3.02. The maximum Gasteiger partial charge on any atom is 0.319 e. The molecule has 24 heavy (non-hydrogen) atoms. The molecule has 0 fully saturated rings. The molecule has 2 aromatic rings. The van der Waals surface area contributed by atoms with E-state index in [1.807, 2.05) is 31.2 Å². The van der Waals surface area contributed by atoms with Crippen LogP contribution in [-0.2, 0) is 4.79 Å². The summed E-state index contributed by atoms with van der Waals surface area (Å²) >= 11 is 0. The first kappa shape index (κ1) is 17.3. The maximum atomic E-state index is 12.2. The monoisotopic (exact) mass is 327 g/mol. The van der Waals surface area contributed by atoms with Gasteiger partial charge in [0.25, 0.3) is 0 Å². The molecule has 0 aliphatic heterocycles. The third kappa shape index (κ3) is 4.49. The minimum atomic E-state index is -0.695. The van der Waals surface area contributed by atoms with E-state index >= 15 is 0 Å². The minimum Gasteiger partial charge on any atom is -0.495 e. The van der Waals surface area contributed by atoms with E-state index in [0.29, 0.717) is 11.4 Å². The van der Waals surface area contributed by atoms with E-state index in [9.17, 15) is 9.59 Å². The molecule has 2 aromatic carbocycles. The zero-order chi connectivity index (χ0) is 17.5. The number of urea groups is 1. The zero-order valence-electron chi connectivity index (χ0n) is 13.9. The summed E-state index contributed by atoms with van der Waals surface area (Å²) in [5.74, 6) is 0.254. The Bertz CT molecular complexity index is 731. The van der Waals surface area contributed by atoms with Crippen LogP contribution in [0, 0.1) is 6.92 Å². The first-order chi connectivity index (χ1) is 11.5. The van der Waals surface area contributed by atoms with E-state index in [1.54, 1.807) is 31.2 Å². The van der Waals surface area contributed by atoms with Gasteiger partial charge in [0, 0.05) is 5.69 Å². The van der Waals surface area contributed by atoms with Crippen molar-refractivity contribution < 1.29 is 14.3 Å². The lowest BCUT2D eigenvalue weighted by molar-refractivity contribution is -0.117. The summed E-state index contributed by atoms with van der Waals surface area (Å²) in [5, 5.41) is 8.06. The van der Waals surface area contributed by atoms with Crippen molar-refractivity contribution in [2.75, 3.05) is 17.7 Å². The molecule has 0 saturated heterocycles. The van der Waals surface area contributed by atoms with Crippen molar-refractivity contribution in [3.8, 4) is 5.75 Å². The molecule has 0 saturated carbocycles. The second-order valence-electron chi connectivity index (χ2n) is 5.32. The molecule has 0 radical (unpaired) electrons. The van der Waals surface area contributed by atoms with Crippen LogP contribution >= 0.6 is 0 Å². The fourth-order valence-corrected chi connectivity index (χ4v) is 2.12. The molecular formula is C18H21N3O3. The van der Waals surface area contributed by atoms with Crippen LogP contribution in [0.4, 0.5) is 16.2 Å². The van der Waals surface area contributed by atoms with E-state index in [0.717, 1.165) is 11.3 Å². The van der Waals surface area contributed by atoms with Crippen molar-refractivity contribution in [1.82, 2.24) is 5.32 Å². The lowest BCUT2D eigenvalue weighted by Gasteiger charge is -2.16. The van der Waals surface area contributed by atoms with Gasteiger partial charge in [-0.3, -0.25) is 4.79 Å². The lowest BCUT2D eigenvalue weighted by Crippen LogP contribution is -2.43. The number of amides is 3. The second kappa shape index (κ2) is 8.01. The molecule has 126 valence electrons. The van der Waals surface area contributed by atoms with Crippen molar-refractivity contribution in [2.45, 2.75) is 19.9 Å². The molecule has 0 aromatic heterocycles. The average molecular weight is 327 g/mol. The minimum absolute atomic E-state index is 0.292. The Morgan fingerprint density at radius 2 is 1.58 bits per heavy atom. The average Bonchev–Trinajstić information content (AvgIpc) is 2.57. The number of carbonyl (C=O) groups excluding carboxylic acids is 2. The van der Waals surface area contributed by atoms with E-state index in [2.05, 4.69) is 16.0 Å². The van der Waals surface area contributed by atoms with Crippen LogP contribution in [0.1, 0.15) is 12.5 Å². The van der Waals surface area contributed by atoms with Gasteiger partial charge in [0.05, 0.1) is 12.8 Å². The molecule has 2 rings (SSSR count). The molecule has 0 spiro atoms. The number of para-hydroxylation sites is 3. The molecule has 3 N–H and O–H groups in total. The largest absolute Gasteiger partial charge is 0.495 e. The van der Waals surface area contributed by atoms with Crippen LogP contribution in [0.2, 0.25) is 0 Å². The molecule has 0 aliphatic carbocycles. The van der Waals surface area contributed by atoms with Gasteiger partial charge in [-0.05, 0) is 37.6 Å². The third-order valence-electron chi connectivity index (χ3n) is 3.50. The fourth-order valence-electron chi connectivity index (χ4n) is 2.12. The highest BCUT2D eigenvalue weighted by Gasteiger charge is 2.17. The van der Waals surface area contributed by atoms with Crippen molar-refractivity contribution in [3.05, 3.63) is 54.1 Å². The molecule has 1 atom stereocenters. The van der Waals surface area contributed by atoms with Gasteiger partial charge >= 0.3 is 6.03 Å². The molecule has 6 heteroatoms. The number of rotatable bonds is 5. The summed E-state index contributed by atoms with van der Waals surface area (Å²) in [4.78, 5) is 24.3. The van der Waals surface area contributed by atoms with Gasteiger partial charge in [0.1, 0.15) is 11.8 Å². The number of hydrogen-bond donors (Lipinski definition) is 3. The van der Waals surface area contributed by atoms with E-state index in [4.69, 9.17) is 4.74 Å². The van der Waals surface area contributed by atoms with Crippen molar-refractivity contribution in [3.63, 3.8) is 0 Å². The van der Waals surface area contributed by atoms with Crippen LogP contribution in [0.5, 0.6) is 5.75 Å². The van der Waals surface area contributed by atoms with Gasteiger partial charge in [-0.2, -0.15) is 0 Å². The topological polar surface area (TPSA) is 79.5 Å². The number of methoxy groups -OCH3 is 1. The second-order valence-corrected chi connectivity index (χ2v) is 5.32. The van der Waals surface area contributed by atoms with Crippen LogP contribution in [0.15, 0.2) is 48.5 Å². The fraction of sp³-hybridized carbons (Fsp3) is 0.222. The Morgan fingerprint density at radius 1 is 0.958 bits per heavy atom. The number of benzene rings is 2. The summed E-state index contributed by atoms with van der Waals surface area (Å²) in [6, 6.07) is 13.3. The molecule has 0 heterocycles. The molecule has 1 unspecified atom stereocenters. The van der Waals surface area contributed by atoms with Crippen LogP contribution in [0.25, 0.3) is 0 Å². The van der Waals surface area contributed by atoms with E-state index in [1.165, 1.54) is 7.11 Å². The predicted octanol–water partition coefficient (Wildman–Crippen LogP) is 3.15. The standard InChI is InChI=1S/C18H21N3O3/c1-12-8-4-5-9-14(12)20-17(22)13(2)19-18(23)21-15-10-6-7-11-16(15)24-3/h4-11,13H,1-3H3,(H,20,22)(H2,19,21,23). The summed E-state index contributed by atoms with van der Waals surface area (Å²) in [7, 11) is 1.52. The normalized spacial score (nSPS) is 11.3. The van der Waals surface area contributed by atoms with Crippen LogP contribution in [-0.4, -0.2) is 25.1 Å². The van der Waals surface area contributed by atoms with Crippen molar-refractivity contribution in [1.29, 1.82) is 0 Å². The number of anilines is 2. The molecular weight excluding hydrogens is 306 g/mol. The van der Waals surface area contributed by atoms with Gasteiger partial charge in [0.15, 0.2) is 0 Å². The summed E-state index contributed by atoms with van der Waals surface area (Å²) in [6.45, 7) is 3.53. The highest BCUT2D eigenvalue weighted by Crippen LogP contribution is 2.22. The molecule has 3 amide bonds. The Labute approximate surface area is 141 Å². The predicted molar refractivity (Wildman–Crippen MR) is 94.4 cm³/mol. The van der Waals surface area contributed by atoms with Crippen LogP contribution in [0.3, 0.4) is 0 Å². The molecule has 0 aliphatic rings. The van der Waals surface area contributed by atoms with Gasteiger partial charge in [-0.1, -0.05) is 30.3 Å². The Morgan fingerprint density at radius 3 is 2.25 bits per heavy atom. The van der Waals surface area contributed by atoms with Gasteiger partial charge in [-0.25, -0.2) is 4.79 Å². The third-order valence-corrected chi connectivity index (χ3v) is 3.50. The zero-order valence-corrected chi connectivity index (χ0v) is 13.9. The Balaban J connectivity index is 1.93. The smallest absolute Gasteiger partial charge is 0.319 e. The maximum absolute atomic E-state index is 12.2. The first-order valence-corrected chi connectivity index (χ1v) is 7.58.